The van der Waals surface area contributed by atoms with Crippen LogP contribution in [-0.4, -0.2) is 22.3 Å². The zero-order chi connectivity index (χ0) is 15.1. The second-order valence-electron chi connectivity index (χ2n) is 4.24. The van der Waals surface area contributed by atoms with Gasteiger partial charge in [-0.1, -0.05) is 36.5 Å². The topological polar surface area (TPSA) is 55.3 Å². The maximum atomic E-state index is 5.77. The number of benzene rings is 2. The maximum Gasteiger partial charge on any atom is 1.00 e. The van der Waals surface area contributed by atoms with Crippen LogP contribution in [0.2, 0.25) is 0 Å². The largest absolute Gasteiger partial charge is 1.00 e. The van der Waals surface area contributed by atoms with E-state index in [1.165, 1.54) is 0 Å². The Labute approximate surface area is 161 Å². The van der Waals surface area contributed by atoms with E-state index in [0.717, 1.165) is 35.2 Å². The van der Waals surface area contributed by atoms with E-state index in [9.17, 15) is 0 Å². The van der Waals surface area contributed by atoms with Gasteiger partial charge in [0.05, 0.1) is 0 Å². The summed E-state index contributed by atoms with van der Waals surface area (Å²) in [6.45, 7) is 6.04. The Morgan fingerprint density at radius 3 is 1.67 bits per heavy atom. The Morgan fingerprint density at radius 1 is 1.05 bits per heavy atom. The molecule has 0 saturated carbocycles. The Morgan fingerprint density at radius 2 is 1.43 bits per heavy atom. The van der Waals surface area contributed by atoms with Crippen molar-refractivity contribution >= 4 is 51.3 Å². The van der Waals surface area contributed by atoms with Crippen LogP contribution >= 0.6 is 24.8 Å². The number of nitrogens with two attached hydrogens (primary N) is 2. The molecule has 2 aromatic rings. The Kier molecular flexibility index (Phi) is 10.1. The molecule has 3 nitrogen and oxygen atoms in total. The maximum absolute atomic E-state index is 5.77. The molecule has 6 heteroatoms. The molecule has 0 amide bonds. The molecule has 4 N–H and O–H groups in total. The van der Waals surface area contributed by atoms with E-state index in [4.69, 9.17) is 23.7 Å². The smallest absolute Gasteiger partial charge is 1.00 e. The number of thiocarbonyl (C=S) groups is 1. The van der Waals surface area contributed by atoms with Crippen LogP contribution in [0.15, 0.2) is 36.4 Å². The number of nitrogens with zero attached hydrogens (tertiary/aromatic N) is 1. The SMILES string of the molecule is CCN(CC)C(=S)S.Nc1cccc2c(N)cccc12.[H-].[Na+]. The average Bonchev–Trinajstić information content (AvgIpc) is 2.42. The second-order valence-corrected chi connectivity index (χ2v) is 5.36. The van der Waals surface area contributed by atoms with Crippen molar-refractivity contribution in [3.05, 3.63) is 36.4 Å². The molecule has 0 heterocycles. The molecular weight excluding hydrogens is 309 g/mol. The number of thiol groups is 1. The van der Waals surface area contributed by atoms with E-state index in [2.05, 4.69) is 26.5 Å². The van der Waals surface area contributed by atoms with Gasteiger partial charge in [-0.15, -0.1) is 12.6 Å². The van der Waals surface area contributed by atoms with Gasteiger partial charge in [-0.3, -0.25) is 0 Å². The number of hydrogen-bond acceptors (Lipinski definition) is 3. The van der Waals surface area contributed by atoms with Gasteiger partial charge in [0.25, 0.3) is 0 Å². The summed E-state index contributed by atoms with van der Waals surface area (Å²) in [6.07, 6.45) is 0. The second kappa shape index (κ2) is 10.3. The first-order valence-corrected chi connectivity index (χ1v) is 7.37. The zero-order valence-corrected chi connectivity index (χ0v) is 16.5. The summed E-state index contributed by atoms with van der Waals surface area (Å²) < 4.78 is 0.690. The molecule has 0 unspecified atom stereocenters. The van der Waals surface area contributed by atoms with Crippen molar-refractivity contribution in [1.82, 2.24) is 4.90 Å². The summed E-state index contributed by atoms with van der Waals surface area (Å²) in [5.41, 5.74) is 13.1. The number of nitrogen functional groups attached to an aromatic ring is 2. The summed E-state index contributed by atoms with van der Waals surface area (Å²) in [5, 5.41) is 2.05. The van der Waals surface area contributed by atoms with Crippen LogP contribution in [-0.2, 0) is 0 Å². The first kappa shape index (κ1) is 20.5. The van der Waals surface area contributed by atoms with Gasteiger partial charge in [-0.2, -0.15) is 0 Å². The van der Waals surface area contributed by atoms with Crippen LogP contribution in [0, 0.1) is 0 Å². The molecule has 0 aromatic heterocycles. The van der Waals surface area contributed by atoms with Gasteiger partial charge in [0, 0.05) is 35.2 Å². The predicted octanol–water partition coefficient (Wildman–Crippen LogP) is 0.664. The molecule has 0 spiro atoms. The first-order valence-electron chi connectivity index (χ1n) is 6.51. The third kappa shape index (κ3) is 6.04. The molecule has 110 valence electrons. The first-order chi connectivity index (χ1) is 9.51. The van der Waals surface area contributed by atoms with Gasteiger partial charge in [0.15, 0.2) is 0 Å². The van der Waals surface area contributed by atoms with Crippen LogP contribution < -0.4 is 41.0 Å². The molecule has 0 aliphatic heterocycles. The van der Waals surface area contributed by atoms with Gasteiger partial charge in [-0.25, -0.2) is 0 Å². The van der Waals surface area contributed by atoms with Gasteiger partial charge < -0.3 is 17.8 Å². The Hall–Kier alpha value is -0.460. The van der Waals surface area contributed by atoms with Gasteiger partial charge >= 0.3 is 29.6 Å². The van der Waals surface area contributed by atoms with E-state index in [1.807, 2.05) is 41.3 Å². The minimum absolute atomic E-state index is 0. The van der Waals surface area contributed by atoms with Crippen LogP contribution in [0.1, 0.15) is 15.3 Å². The molecule has 2 rings (SSSR count). The fourth-order valence-electron chi connectivity index (χ4n) is 1.85. The molecule has 2 aromatic carbocycles. The molecule has 0 atom stereocenters. The number of rotatable bonds is 2. The van der Waals surface area contributed by atoms with E-state index in [-0.39, 0.29) is 31.0 Å². The number of hydrogen-bond donors (Lipinski definition) is 3. The van der Waals surface area contributed by atoms with Crippen molar-refractivity contribution < 1.29 is 31.0 Å². The van der Waals surface area contributed by atoms with Crippen molar-refractivity contribution in [2.75, 3.05) is 24.6 Å². The molecule has 0 saturated heterocycles. The summed E-state index contributed by atoms with van der Waals surface area (Å²) in [4.78, 5) is 2.01. The van der Waals surface area contributed by atoms with E-state index >= 15 is 0 Å². The minimum Gasteiger partial charge on any atom is -1.00 e. The van der Waals surface area contributed by atoms with Gasteiger partial charge in [0.1, 0.15) is 4.32 Å². The number of fused-ring (bicyclic) bond motifs is 1. The van der Waals surface area contributed by atoms with E-state index in [1.54, 1.807) is 0 Å². The third-order valence-electron chi connectivity index (χ3n) is 3.02. The van der Waals surface area contributed by atoms with Crippen molar-refractivity contribution in [2.24, 2.45) is 0 Å². The minimum atomic E-state index is 0. The molecule has 0 bridgehead atoms. The summed E-state index contributed by atoms with van der Waals surface area (Å²) in [7, 11) is 0. The Balaban J connectivity index is 0. The van der Waals surface area contributed by atoms with E-state index in [0.29, 0.717) is 4.32 Å². The molecule has 0 fully saturated rings. The Bertz CT molecular complexity index is 551. The van der Waals surface area contributed by atoms with Gasteiger partial charge in [0.2, 0.25) is 0 Å². The molecule has 0 radical (unpaired) electrons. The van der Waals surface area contributed by atoms with Gasteiger partial charge in [-0.05, 0) is 26.0 Å². The summed E-state index contributed by atoms with van der Waals surface area (Å²) in [6, 6.07) is 11.5. The predicted molar refractivity (Wildman–Crippen MR) is 98.4 cm³/mol. The van der Waals surface area contributed by atoms with Crippen LogP contribution in [0.4, 0.5) is 11.4 Å². The van der Waals surface area contributed by atoms with Crippen molar-refractivity contribution in [1.29, 1.82) is 0 Å². The van der Waals surface area contributed by atoms with Crippen molar-refractivity contribution in [3.8, 4) is 0 Å². The third-order valence-corrected chi connectivity index (χ3v) is 3.56. The molecular formula is C15H22N3NaS2. The van der Waals surface area contributed by atoms with Crippen molar-refractivity contribution in [3.63, 3.8) is 0 Å². The normalized spacial score (nSPS) is 9.29. The van der Waals surface area contributed by atoms with Crippen LogP contribution in [0.5, 0.6) is 0 Å². The standard InChI is InChI=1S/C10H10N2.C5H11NS2.Na.H/c11-9-5-1-3-7-8(9)4-2-6-10(7)12;1-3-6(4-2)5(7)8;;/h1-6H,11-12H2;3-4H2,1-2H3,(H,7,8);;/q;;+1;-1. The molecule has 21 heavy (non-hydrogen) atoms. The van der Waals surface area contributed by atoms with E-state index < -0.39 is 0 Å². The van der Waals surface area contributed by atoms with Crippen molar-refractivity contribution in [2.45, 2.75) is 13.8 Å². The monoisotopic (exact) mass is 331 g/mol. The fourth-order valence-corrected chi connectivity index (χ4v) is 2.39. The van der Waals surface area contributed by atoms with Crippen LogP contribution in [0.3, 0.4) is 0 Å². The average molecular weight is 331 g/mol. The number of anilines is 2. The van der Waals surface area contributed by atoms with Crippen LogP contribution in [0.25, 0.3) is 10.8 Å². The summed E-state index contributed by atoms with van der Waals surface area (Å²) >= 11 is 8.82. The summed E-state index contributed by atoms with van der Waals surface area (Å²) in [5.74, 6) is 0. The fraction of sp³-hybridized carbons (Fsp3) is 0.267. The quantitative estimate of drug-likeness (QED) is 0.328. The molecule has 0 aliphatic rings. The zero-order valence-electron chi connectivity index (χ0n) is 13.8. The molecule has 0 aliphatic carbocycles.